The average molecular weight is 482 g/mol. The lowest BCUT2D eigenvalue weighted by Crippen LogP contribution is -2.56. The van der Waals surface area contributed by atoms with Crippen LogP contribution in [0.5, 0.6) is 5.75 Å². The van der Waals surface area contributed by atoms with E-state index in [1.165, 1.54) is 12.1 Å². The molecule has 3 rings (SSSR count). The van der Waals surface area contributed by atoms with Gasteiger partial charge < -0.3 is 25.4 Å². The zero-order valence-corrected chi connectivity index (χ0v) is 20.8. The van der Waals surface area contributed by atoms with Crippen molar-refractivity contribution in [2.45, 2.75) is 77.2 Å². The molecule has 8 nitrogen and oxygen atoms in total. The molecule has 1 aliphatic carbocycles. The summed E-state index contributed by atoms with van der Waals surface area (Å²) in [5.41, 5.74) is 0.722. The van der Waals surface area contributed by atoms with Crippen LogP contribution in [-0.2, 0) is 20.9 Å². The van der Waals surface area contributed by atoms with Gasteiger partial charge >= 0.3 is 6.09 Å². The number of alkyl carbamates (subject to hydrolysis) is 1. The number of benzene rings is 2. The lowest BCUT2D eigenvalue weighted by molar-refractivity contribution is -0.147. The second-order valence-corrected chi connectivity index (χ2v) is 9.90. The molecule has 1 fully saturated rings. The molecule has 2 unspecified atom stereocenters. The first-order valence-electron chi connectivity index (χ1n) is 12.0. The van der Waals surface area contributed by atoms with Crippen LogP contribution in [0.15, 0.2) is 54.6 Å². The number of nitrogens with one attached hydrogen (secondary N) is 2. The molecule has 0 aromatic heterocycles. The standard InChI is InChI=1S/C27H35N3O5/c1-18(29-26(34)35-27(2,3)4)25(33)30(21-13-9-14-21)23(20-12-8-15-22(31)16-20)24(32)28-17-19-10-6-5-7-11-19/h5-8,10-12,15-16,18,21,23,31H,9,13-14,17H2,1-4H3,(H,28,32)(H,29,34). The average Bonchev–Trinajstić information content (AvgIpc) is 2.75. The number of rotatable bonds is 8. The molecule has 0 bridgehead atoms. The third-order valence-corrected chi connectivity index (χ3v) is 5.85. The van der Waals surface area contributed by atoms with E-state index in [0.717, 1.165) is 24.8 Å². The summed E-state index contributed by atoms with van der Waals surface area (Å²) in [6, 6.07) is 13.9. The smallest absolute Gasteiger partial charge is 0.408 e. The normalized spacial score (nSPS) is 15.3. The number of phenolic OH excluding ortho intramolecular Hbond substituents is 1. The van der Waals surface area contributed by atoms with Crippen molar-refractivity contribution in [3.63, 3.8) is 0 Å². The lowest BCUT2D eigenvalue weighted by atomic mass is 9.88. The predicted molar refractivity (Wildman–Crippen MR) is 132 cm³/mol. The molecule has 3 amide bonds. The van der Waals surface area contributed by atoms with Crippen LogP contribution < -0.4 is 10.6 Å². The molecule has 35 heavy (non-hydrogen) atoms. The van der Waals surface area contributed by atoms with Crippen LogP contribution in [0.2, 0.25) is 0 Å². The fourth-order valence-electron chi connectivity index (χ4n) is 3.97. The highest BCUT2D eigenvalue weighted by molar-refractivity contribution is 5.92. The molecular weight excluding hydrogens is 446 g/mol. The Labute approximate surface area is 206 Å². The van der Waals surface area contributed by atoms with Crippen molar-refractivity contribution in [3.8, 4) is 5.75 Å². The van der Waals surface area contributed by atoms with Gasteiger partial charge in [-0.15, -0.1) is 0 Å². The molecule has 2 aromatic rings. The summed E-state index contributed by atoms with van der Waals surface area (Å²) in [5, 5.41) is 15.6. The van der Waals surface area contributed by atoms with E-state index in [9.17, 15) is 19.5 Å². The first-order valence-corrected chi connectivity index (χ1v) is 12.0. The second kappa shape index (κ2) is 11.3. The van der Waals surface area contributed by atoms with Crippen LogP contribution in [0.25, 0.3) is 0 Å². The van der Waals surface area contributed by atoms with Gasteiger partial charge in [-0.2, -0.15) is 0 Å². The van der Waals surface area contributed by atoms with Gasteiger partial charge in [0.15, 0.2) is 0 Å². The number of carbonyl (C=O) groups excluding carboxylic acids is 3. The zero-order valence-electron chi connectivity index (χ0n) is 20.8. The van der Waals surface area contributed by atoms with Gasteiger partial charge in [0.1, 0.15) is 23.4 Å². The summed E-state index contributed by atoms with van der Waals surface area (Å²) in [6.45, 7) is 7.12. The maximum absolute atomic E-state index is 13.7. The van der Waals surface area contributed by atoms with E-state index in [-0.39, 0.29) is 23.6 Å². The number of amides is 3. The minimum absolute atomic E-state index is 0.00398. The number of hydrogen-bond donors (Lipinski definition) is 3. The van der Waals surface area contributed by atoms with Gasteiger partial charge in [0, 0.05) is 12.6 Å². The third-order valence-electron chi connectivity index (χ3n) is 5.85. The number of carbonyl (C=O) groups is 3. The van der Waals surface area contributed by atoms with Crippen LogP contribution in [0.4, 0.5) is 4.79 Å². The van der Waals surface area contributed by atoms with Crippen LogP contribution in [-0.4, -0.2) is 45.6 Å². The number of ether oxygens (including phenoxy) is 1. The van der Waals surface area contributed by atoms with Gasteiger partial charge in [-0.25, -0.2) is 4.79 Å². The molecule has 2 aromatic carbocycles. The number of hydrogen-bond acceptors (Lipinski definition) is 5. The molecule has 1 aliphatic rings. The summed E-state index contributed by atoms with van der Waals surface area (Å²) in [5.74, 6) is -0.739. The maximum Gasteiger partial charge on any atom is 0.408 e. The van der Waals surface area contributed by atoms with E-state index in [1.807, 2.05) is 30.3 Å². The van der Waals surface area contributed by atoms with Crippen LogP contribution in [0.1, 0.15) is 64.1 Å². The fraction of sp³-hybridized carbons (Fsp3) is 0.444. The molecule has 8 heteroatoms. The number of phenols is 1. The Morgan fingerprint density at radius 1 is 1.09 bits per heavy atom. The van der Waals surface area contributed by atoms with Crippen molar-refractivity contribution in [2.24, 2.45) is 0 Å². The Bertz CT molecular complexity index is 1030. The number of nitrogens with zero attached hydrogens (tertiary/aromatic N) is 1. The largest absolute Gasteiger partial charge is 0.508 e. The SMILES string of the molecule is CC(NC(=O)OC(C)(C)C)C(=O)N(C1CCC1)C(C(=O)NCc1ccccc1)c1cccc(O)c1. The van der Waals surface area contributed by atoms with Crippen LogP contribution >= 0.6 is 0 Å². The first kappa shape index (κ1) is 26.1. The lowest BCUT2D eigenvalue weighted by Gasteiger charge is -2.43. The number of aromatic hydroxyl groups is 1. The molecule has 0 heterocycles. The predicted octanol–water partition coefficient (Wildman–Crippen LogP) is 4.04. The zero-order chi connectivity index (χ0) is 25.6. The Kier molecular flexibility index (Phi) is 8.38. The Morgan fingerprint density at radius 3 is 2.34 bits per heavy atom. The highest BCUT2D eigenvalue weighted by atomic mass is 16.6. The van der Waals surface area contributed by atoms with Gasteiger partial charge in [0.2, 0.25) is 11.8 Å². The van der Waals surface area contributed by atoms with E-state index in [1.54, 1.807) is 44.7 Å². The minimum Gasteiger partial charge on any atom is -0.508 e. The minimum atomic E-state index is -0.966. The van der Waals surface area contributed by atoms with Gasteiger partial charge in [-0.1, -0.05) is 42.5 Å². The topological polar surface area (TPSA) is 108 Å². The molecule has 0 aliphatic heterocycles. The highest BCUT2D eigenvalue weighted by Crippen LogP contribution is 2.34. The molecule has 1 saturated carbocycles. The van der Waals surface area contributed by atoms with E-state index < -0.39 is 23.8 Å². The van der Waals surface area contributed by atoms with E-state index >= 15 is 0 Å². The summed E-state index contributed by atoms with van der Waals surface area (Å²) < 4.78 is 5.30. The van der Waals surface area contributed by atoms with Crippen molar-refractivity contribution in [2.75, 3.05) is 0 Å². The fourth-order valence-corrected chi connectivity index (χ4v) is 3.97. The Balaban J connectivity index is 1.88. The third kappa shape index (κ3) is 7.21. The summed E-state index contributed by atoms with van der Waals surface area (Å²) in [4.78, 5) is 41.1. The molecule has 0 saturated heterocycles. The highest BCUT2D eigenvalue weighted by Gasteiger charge is 2.41. The summed E-state index contributed by atoms with van der Waals surface area (Å²) >= 11 is 0. The van der Waals surface area contributed by atoms with Crippen LogP contribution in [0, 0.1) is 0 Å². The van der Waals surface area contributed by atoms with Crippen molar-refractivity contribution in [3.05, 3.63) is 65.7 Å². The van der Waals surface area contributed by atoms with Gasteiger partial charge in [-0.3, -0.25) is 9.59 Å². The maximum atomic E-state index is 13.7. The second-order valence-electron chi connectivity index (χ2n) is 9.90. The van der Waals surface area contributed by atoms with Gasteiger partial charge in [0.25, 0.3) is 0 Å². The quantitative estimate of drug-likeness (QED) is 0.527. The van der Waals surface area contributed by atoms with Crippen molar-refractivity contribution >= 4 is 17.9 Å². The van der Waals surface area contributed by atoms with Crippen molar-refractivity contribution in [1.29, 1.82) is 0 Å². The van der Waals surface area contributed by atoms with E-state index in [2.05, 4.69) is 10.6 Å². The molecule has 3 N–H and O–H groups in total. The van der Waals surface area contributed by atoms with Gasteiger partial charge in [-0.05, 0) is 70.2 Å². The summed E-state index contributed by atoms with van der Waals surface area (Å²) in [6.07, 6.45) is 1.76. The molecule has 2 atom stereocenters. The molecule has 188 valence electrons. The van der Waals surface area contributed by atoms with Crippen molar-refractivity contribution < 1.29 is 24.2 Å². The van der Waals surface area contributed by atoms with E-state index in [0.29, 0.717) is 12.1 Å². The summed E-state index contributed by atoms with van der Waals surface area (Å²) in [7, 11) is 0. The van der Waals surface area contributed by atoms with E-state index in [4.69, 9.17) is 4.74 Å². The van der Waals surface area contributed by atoms with Crippen LogP contribution in [0.3, 0.4) is 0 Å². The monoisotopic (exact) mass is 481 g/mol. The first-order chi connectivity index (χ1) is 16.5. The van der Waals surface area contributed by atoms with Gasteiger partial charge in [0.05, 0.1) is 0 Å². The molecule has 0 spiro atoms. The Hall–Kier alpha value is -3.55. The molecular formula is C27H35N3O5. The molecule has 0 radical (unpaired) electrons. The Morgan fingerprint density at radius 2 is 1.77 bits per heavy atom. The van der Waals surface area contributed by atoms with Crippen molar-refractivity contribution in [1.82, 2.24) is 15.5 Å².